The van der Waals surface area contributed by atoms with E-state index in [9.17, 15) is 39.5 Å². The summed E-state index contributed by atoms with van der Waals surface area (Å²) >= 11 is 0. The van der Waals surface area contributed by atoms with Gasteiger partial charge in [0.05, 0.1) is 28.5 Å². The van der Waals surface area contributed by atoms with Crippen LogP contribution in [0.25, 0.3) is 27.7 Å². The van der Waals surface area contributed by atoms with Gasteiger partial charge in [0.2, 0.25) is 6.34 Å². The molecule has 45 heavy (non-hydrogen) atoms. The smallest absolute Gasteiger partial charge is 0.325 e. The molecule has 0 atom stereocenters. The van der Waals surface area contributed by atoms with Gasteiger partial charge >= 0.3 is 31.8 Å². The summed E-state index contributed by atoms with van der Waals surface area (Å²) < 4.78 is 126. The number of aliphatic imine (C=N–C) groups is 1. The molecule has 4 aromatic rings. The van der Waals surface area contributed by atoms with Crippen LogP contribution in [0.15, 0.2) is 77.9 Å². The maximum absolute atomic E-state index is 14.1. The van der Waals surface area contributed by atoms with Crippen molar-refractivity contribution in [1.29, 1.82) is 0 Å². The third-order valence-corrected chi connectivity index (χ3v) is 7.75. The molecule has 0 unspecified atom stereocenters. The topological polar surface area (TPSA) is 28.3 Å². The Labute approximate surface area is 252 Å². The van der Waals surface area contributed by atoms with Gasteiger partial charge in [-0.15, -0.1) is 0 Å². The van der Waals surface area contributed by atoms with Crippen LogP contribution in [0.1, 0.15) is 39.8 Å². The number of alkyl halides is 9. The van der Waals surface area contributed by atoms with Crippen LogP contribution in [-0.4, -0.2) is 13.8 Å². The van der Waals surface area contributed by atoms with Crippen LogP contribution in [-0.2, 0) is 24.9 Å². The highest BCUT2D eigenvalue weighted by Gasteiger charge is 2.40. The van der Waals surface area contributed by atoms with E-state index in [1.807, 2.05) is 6.08 Å². The fraction of sp³-hybridized carbons (Fsp3) is 0.188. The molecule has 6 rings (SSSR count). The van der Waals surface area contributed by atoms with E-state index in [1.54, 1.807) is 32.5 Å². The Hall–Kier alpha value is -4.55. The zero-order chi connectivity index (χ0) is 32.3. The SMILES string of the molecule is Cc1ccc(-c2ccc3c4c2CCC=C4[B][n+]2cccc(-c4ccc(C(F)(F)F)cc4C(F)(F)F)c2/N=C\N3)c(C(F)(F)F)c1. The largest absolute Gasteiger partial charge is 0.437 e. The average Bonchev–Trinajstić information content (AvgIpc) is 3.04. The standard InChI is InChI=1S/C32H21BF9N3/c1-17-7-9-20(24(14-17)31(37,38)39)19-11-12-27-28-22(19)4-2-6-26(28)33-45-13-3-5-23(29(45)44-16-43-27)21-10-8-18(30(34,35)36)15-25(21)32(40,41)42/h3,5-16H,2,4H2,1H3,(H,43,44)/q+1. The first kappa shape index (κ1) is 30.5. The molecule has 13 heteroatoms. The molecule has 1 aromatic heterocycles. The van der Waals surface area contributed by atoms with E-state index in [0.29, 0.717) is 52.3 Å². The lowest BCUT2D eigenvalue weighted by Gasteiger charge is -2.24. The summed E-state index contributed by atoms with van der Waals surface area (Å²) in [6, 6.07) is 11.6. The molecule has 229 valence electrons. The number of hydrogen-bond acceptors (Lipinski definition) is 2. The van der Waals surface area contributed by atoms with Crippen LogP contribution in [0.2, 0.25) is 0 Å². The van der Waals surface area contributed by atoms with Gasteiger partial charge in [-0.05, 0) is 88.9 Å². The van der Waals surface area contributed by atoms with Crippen LogP contribution >= 0.6 is 0 Å². The van der Waals surface area contributed by atoms with E-state index in [4.69, 9.17) is 0 Å². The highest BCUT2D eigenvalue weighted by molar-refractivity contribution is 6.54. The van der Waals surface area contributed by atoms with Crippen molar-refractivity contribution in [2.24, 2.45) is 4.99 Å². The number of rotatable bonds is 2. The van der Waals surface area contributed by atoms with Crippen molar-refractivity contribution in [1.82, 2.24) is 0 Å². The van der Waals surface area contributed by atoms with Gasteiger partial charge in [0.15, 0.2) is 0 Å². The lowest BCUT2D eigenvalue weighted by molar-refractivity contribution is -0.511. The van der Waals surface area contributed by atoms with E-state index in [2.05, 4.69) is 10.3 Å². The lowest BCUT2D eigenvalue weighted by Crippen LogP contribution is -2.41. The third-order valence-electron chi connectivity index (χ3n) is 7.75. The number of hydrogen-bond donors (Lipinski definition) is 1. The molecular formula is C32H21BF9N3+. The molecule has 0 fully saturated rings. The Morgan fingerprint density at radius 2 is 1.42 bits per heavy atom. The first-order valence-electron chi connectivity index (χ1n) is 13.6. The molecule has 1 aliphatic heterocycles. The van der Waals surface area contributed by atoms with Gasteiger partial charge < -0.3 is 5.32 Å². The summed E-state index contributed by atoms with van der Waals surface area (Å²) in [6.45, 7) is 1.58. The first-order chi connectivity index (χ1) is 21.1. The van der Waals surface area contributed by atoms with E-state index in [0.717, 1.165) is 12.1 Å². The second-order valence-electron chi connectivity index (χ2n) is 10.7. The van der Waals surface area contributed by atoms with E-state index >= 15 is 0 Å². The van der Waals surface area contributed by atoms with Crippen molar-refractivity contribution in [3.05, 3.63) is 106 Å². The molecule has 3 nitrogen and oxygen atoms in total. The summed E-state index contributed by atoms with van der Waals surface area (Å²) in [5.74, 6) is -0.00537. The number of nitrogens with zero attached hydrogens (tertiary/aromatic N) is 2. The number of benzene rings is 3. The van der Waals surface area contributed by atoms with Crippen LogP contribution in [0.3, 0.4) is 0 Å². The zero-order valence-corrected chi connectivity index (χ0v) is 23.3. The quantitative estimate of drug-likeness (QED) is 0.174. The van der Waals surface area contributed by atoms with Crippen molar-refractivity contribution < 1.29 is 44.0 Å². The summed E-state index contributed by atoms with van der Waals surface area (Å²) in [5.41, 5.74) is -1.01. The van der Waals surface area contributed by atoms with Crippen LogP contribution in [0.5, 0.6) is 0 Å². The van der Waals surface area contributed by atoms with Gasteiger partial charge in [-0.25, -0.2) is 0 Å². The molecule has 0 amide bonds. The number of anilines is 1. The lowest BCUT2D eigenvalue weighted by atomic mass is 9.70. The Kier molecular flexibility index (Phi) is 7.32. The Balaban J connectivity index is 1.50. The number of aromatic nitrogens is 1. The van der Waals surface area contributed by atoms with E-state index in [1.165, 1.54) is 35.2 Å². The number of aryl methyl sites for hydroxylation is 1. The molecule has 0 bridgehead atoms. The molecule has 0 spiro atoms. The van der Waals surface area contributed by atoms with Crippen molar-refractivity contribution in [2.45, 2.75) is 38.3 Å². The molecule has 0 saturated carbocycles. The second kappa shape index (κ2) is 10.8. The number of allylic oxidation sites excluding steroid dienone is 1. The molecule has 3 aromatic carbocycles. The van der Waals surface area contributed by atoms with Gasteiger partial charge in [0, 0.05) is 11.3 Å². The fourth-order valence-electron chi connectivity index (χ4n) is 5.80. The highest BCUT2D eigenvalue weighted by Crippen LogP contribution is 2.45. The summed E-state index contributed by atoms with van der Waals surface area (Å²) in [6.07, 6.45) is -9.16. The Morgan fingerprint density at radius 3 is 2.13 bits per heavy atom. The van der Waals surface area contributed by atoms with Crippen molar-refractivity contribution in [3.63, 3.8) is 0 Å². The van der Waals surface area contributed by atoms with E-state index < -0.39 is 40.8 Å². The molecule has 0 saturated heterocycles. The highest BCUT2D eigenvalue weighted by atomic mass is 19.4. The average molecular weight is 629 g/mol. The first-order valence-corrected chi connectivity index (χ1v) is 13.6. The van der Waals surface area contributed by atoms with Crippen LogP contribution in [0.4, 0.5) is 51.0 Å². The van der Waals surface area contributed by atoms with Crippen molar-refractivity contribution in [2.75, 3.05) is 5.32 Å². The molecule has 1 N–H and O–H groups in total. The predicted molar refractivity (Wildman–Crippen MR) is 153 cm³/mol. The van der Waals surface area contributed by atoms with Crippen LogP contribution in [0, 0.1) is 6.92 Å². The summed E-state index contributed by atoms with van der Waals surface area (Å²) in [5, 5.41) is 3.01. The minimum atomic E-state index is -5.10. The Morgan fingerprint density at radius 1 is 0.756 bits per heavy atom. The van der Waals surface area contributed by atoms with Crippen molar-refractivity contribution in [3.8, 4) is 22.3 Å². The molecule has 2 heterocycles. The minimum absolute atomic E-state index is 0.00537. The monoisotopic (exact) mass is 629 g/mol. The maximum atomic E-state index is 14.1. The molecule has 1 radical (unpaired) electrons. The second-order valence-corrected chi connectivity index (χ2v) is 10.7. The molecule has 1 aliphatic carbocycles. The third kappa shape index (κ3) is 5.71. The number of pyridine rings is 1. The Bertz CT molecular complexity index is 1890. The van der Waals surface area contributed by atoms with Gasteiger partial charge in [0.25, 0.3) is 0 Å². The van der Waals surface area contributed by atoms with Crippen molar-refractivity contribution >= 4 is 30.7 Å². The normalized spacial score (nSPS) is 15.4. The van der Waals surface area contributed by atoms with Gasteiger partial charge in [-0.2, -0.15) is 39.5 Å². The summed E-state index contributed by atoms with van der Waals surface area (Å²) in [4.78, 5) is 4.36. The number of halogens is 9. The van der Waals surface area contributed by atoms with E-state index in [-0.39, 0.29) is 23.0 Å². The number of fused-ring (bicyclic) bond motifs is 1. The summed E-state index contributed by atoms with van der Waals surface area (Å²) in [7, 11) is 1.60. The van der Waals surface area contributed by atoms with Crippen LogP contribution < -0.4 is 9.79 Å². The minimum Gasteiger partial charge on any atom is -0.325 e. The predicted octanol–water partition coefficient (Wildman–Crippen LogP) is 9.21. The molecule has 2 aliphatic rings. The number of nitrogens with one attached hydrogen (secondary N) is 1. The molecular weight excluding hydrogens is 608 g/mol. The maximum Gasteiger partial charge on any atom is 0.437 e. The van der Waals surface area contributed by atoms with Gasteiger partial charge in [-0.3, -0.25) is 4.48 Å². The van der Waals surface area contributed by atoms with Gasteiger partial charge in [-0.1, -0.05) is 35.9 Å². The van der Waals surface area contributed by atoms with Gasteiger partial charge in [0.1, 0.15) is 0 Å². The fourth-order valence-corrected chi connectivity index (χ4v) is 5.80. The zero-order valence-electron chi connectivity index (χ0n) is 23.3.